The highest BCUT2D eigenvalue weighted by molar-refractivity contribution is 6.30. The molecule has 0 amide bonds. The van der Waals surface area contributed by atoms with Crippen molar-refractivity contribution >= 4 is 11.6 Å². The van der Waals surface area contributed by atoms with Gasteiger partial charge in [-0.15, -0.1) is 0 Å². The Hall–Kier alpha value is -0.970. The third-order valence-electron chi connectivity index (χ3n) is 1.20. The zero-order valence-electron chi connectivity index (χ0n) is 6.60. The van der Waals surface area contributed by atoms with Crippen LogP contribution in [0.25, 0.3) is 0 Å². The first-order chi connectivity index (χ1) is 5.83. The molecule has 0 N–H and O–H groups in total. The monoisotopic (exact) mass is 178 g/mol. The van der Waals surface area contributed by atoms with E-state index in [-0.39, 0.29) is 0 Å². The molecule has 0 atom stereocenters. The van der Waals surface area contributed by atoms with Crippen molar-refractivity contribution < 1.29 is 4.74 Å². The van der Waals surface area contributed by atoms with E-state index in [2.05, 4.69) is 23.2 Å². The van der Waals surface area contributed by atoms with E-state index in [1.54, 1.807) is 12.1 Å². The number of hydrogen-bond acceptors (Lipinski definition) is 1. The van der Waals surface area contributed by atoms with E-state index < -0.39 is 0 Å². The van der Waals surface area contributed by atoms with Crippen LogP contribution in [0.3, 0.4) is 0 Å². The number of halogens is 1. The largest absolute Gasteiger partial charge is 0.358 e. The number of benzene rings is 1. The summed E-state index contributed by atoms with van der Waals surface area (Å²) in [4.78, 5) is 0. The minimum Gasteiger partial charge on any atom is -0.358 e. The Morgan fingerprint density at radius 2 is 1.92 bits per heavy atom. The van der Waals surface area contributed by atoms with Gasteiger partial charge in [-0.2, -0.15) is 0 Å². The third-order valence-corrected chi connectivity index (χ3v) is 1.46. The standard InChI is InChI=1S/C10H7ClO/c1-12-8-2-3-9-4-6-10(11)7-5-9/h4-7H,1H3. The molecule has 0 unspecified atom stereocenters. The van der Waals surface area contributed by atoms with Crippen molar-refractivity contribution in [2.45, 2.75) is 0 Å². The van der Waals surface area contributed by atoms with Crippen LogP contribution in [0.1, 0.15) is 5.56 Å². The zero-order valence-corrected chi connectivity index (χ0v) is 7.35. The van der Waals surface area contributed by atoms with Gasteiger partial charge in [0.05, 0.1) is 0 Å². The van der Waals surface area contributed by atoms with E-state index >= 15 is 0 Å². The lowest BCUT2D eigenvalue weighted by Gasteiger charge is -1.89. The van der Waals surface area contributed by atoms with Crippen LogP contribution in [0, 0.1) is 18.4 Å². The van der Waals surface area contributed by atoms with Gasteiger partial charge in [0.15, 0.2) is 0 Å². The van der Waals surface area contributed by atoms with Gasteiger partial charge in [-0.3, -0.25) is 0 Å². The van der Waals surface area contributed by atoms with E-state index in [0.717, 1.165) is 5.56 Å². The number of hydrogen-bond donors (Lipinski definition) is 0. The summed E-state index contributed by atoms with van der Waals surface area (Å²) in [6.07, 6.45) is 0. The summed E-state index contributed by atoms with van der Waals surface area (Å²) in [7, 11) is 1.51. The molecule has 0 spiro atoms. The molecule has 1 aromatic carbocycles. The minimum absolute atomic E-state index is 0.709. The predicted octanol–water partition coefficient (Wildman–Crippen LogP) is 2.38. The molecule has 0 fully saturated rings. The molecule has 2 radical (unpaired) electrons. The first kappa shape index (κ1) is 9.12. The normalized spacial score (nSPS) is 8.83. The van der Waals surface area contributed by atoms with Crippen LogP contribution in [-0.4, -0.2) is 7.11 Å². The van der Waals surface area contributed by atoms with Crippen LogP contribution in [0.4, 0.5) is 0 Å². The Kier molecular flexibility index (Phi) is 3.66. The second-order valence-corrected chi connectivity index (χ2v) is 2.50. The average molecular weight is 179 g/mol. The molecule has 0 aliphatic rings. The fourth-order valence-corrected chi connectivity index (χ4v) is 0.808. The van der Waals surface area contributed by atoms with Crippen LogP contribution < -0.4 is 0 Å². The van der Waals surface area contributed by atoms with Crippen molar-refractivity contribution in [1.29, 1.82) is 0 Å². The lowest BCUT2D eigenvalue weighted by molar-refractivity contribution is 0.301. The highest BCUT2D eigenvalue weighted by atomic mass is 35.5. The fourth-order valence-electron chi connectivity index (χ4n) is 0.682. The van der Waals surface area contributed by atoms with E-state index in [1.807, 2.05) is 12.1 Å². The Morgan fingerprint density at radius 3 is 2.50 bits per heavy atom. The van der Waals surface area contributed by atoms with Gasteiger partial charge >= 0.3 is 0 Å². The van der Waals surface area contributed by atoms with Crippen molar-refractivity contribution in [2.75, 3.05) is 7.11 Å². The maximum atomic E-state index is 5.68. The smallest absolute Gasteiger partial charge is 0.217 e. The molecule has 1 aromatic rings. The van der Waals surface area contributed by atoms with Crippen LogP contribution in [0.2, 0.25) is 5.02 Å². The fraction of sp³-hybridized carbons (Fsp3) is 0.100. The van der Waals surface area contributed by atoms with Crippen molar-refractivity contribution in [1.82, 2.24) is 0 Å². The highest BCUT2D eigenvalue weighted by Gasteiger charge is 1.86. The van der Waals surface area contributed by atoms with Crippen LogP contribution in [-0.2, 0) is 4.74 Å². The molecule has 0 bridgehead atoms. The molecule has 0 aliphatic heterocycles. The number of methoxy groups -OCH3 is 1. The molecular weight excluding hydrogens is 172 g/mol. The van der Waals surface area contributed by atoms with E-state index in [0.29, 0.717) is 5.02 Å². The third kappa shape index (κ3) is 2.96. The first-order valence-corrected chi connectivity index (χ1v) is 3.75. The molecule has 0 aromatic heterocycles. The summed E-state index contributed by atoms with van der Waals surface area (Å²) >= 11 is 5.68. The zero-order chi connectivity index (χ0) is 8.81. The van der Waals surface area contributed by atoms with Crippen molar-refractivity contribution in [3.05, 3.63) is 41.5 Å². The molecule has 0 aliphatic carbocycles. The van der Waals surface area contributed by atoms with E-state index in [4.69, 9.17) is 11.6 Å². The molecule has 1 rings (SSSR count). The van der Waals surface area contributed by atoms with Gasteiger partial charge in [0, 0.05) is 17.7 Å². The average Bonchev–Trinajstić information content (AvgIpc) is 2.09. The summed E-state index contributed by atoms with van der Waals surface area (Å²) in [5.74, 6) is 5.43. The molecule has 0 saturated heterocycles. The van der Waals surface area contributed by atoms with Crippen molar-refractivity contribution in [3.63, 3.8) is 0 Å². The maximum Gasteiger partial charge on any atom is 0.217 e. The Bertz CT molecular complexity index is 292. The molecule has 2 heteroatoms. The predicted molar refractivity (Wildman–Crippen MR) is 48.6 cm³/mol. The Morgan fingerprint density at radius 1 is 1.25 bits per heavy atom. The summed E-state index contributed by atoms with van der Waals surface area (Å²) in [6.45, 7) is 2.42. The lowest BCUT2D eigenvalue weighted by atomic mass is 10.2. The van der Waals surface area contributed by atoms with Crippen LogP contribution in [0.15, 0.2) is 24.3 Å². The molecular formula is C10H7ClO. The maximum absolute atomic E-state index is 5.68. The summed E-state index contributed by atoms with van der Waals surface area (Å²) in [5.41, 5.74) is 0.893. The lowest BCUT2D eigenvalue weighted by Crippen LogP contribution is -1.75. The quantitative estimate of drug-likeness (QED) is 0.600. The molecule has 1 nitrogen and oxygen atoms in total. The SMILES string of the molecule is CO[C]C#Cc1ccc(Cl)cc1. The summed E-state index contributed by atoms with van der Waals surface area (Å²) in [6, 6.07) is 7.26. The number of ether oxygens (including phenoxy) is 1. The van der Waals surface area contributed by atoms with Crippen LogP contribution in [0.5, 0.6) is 0 Å². The Labute approximate surface area is 77.3 Å². The van der Waals surface area contributed by atoms with E-state index in [9.17, 15) is 0 Å². The number of rotatable bonds is 1. The Balaban J connectivity index is 2.66. The van der Waals surface area contributed by atoms with Gasteiger partial charge in [0.2, 0.25) is 6.61 Å². The van der Waals surface area contributed by atoms with Gasteiger partial charge < -0.3 is 4.74 Å². The van der Waals surface area contributed by atoms with Gasteiger partial charge in [-0.1, -0.05) is 23.4 Å². The van der Waals surface area contributed by atoms with Gasteiger partial charge in [0.1, 0.15) is 0 Å². The second-order valence-electron chi connectivity index (χ2n) is 2.06. The van der Waals surface area contributed by atoms with Crippen LogP contribution >= 0.6 is 11.6 Å². The topological polar surface area (TPSA) is 9.23 Å². The van der Waals surface area contributed by atoms with Crippen molar-refractivity contribution in [2.24, 2.45) is 0 Å². The highest BCUT2D eigenvalue weighted by Crippen LogP contribution is 2.08. The van der Waals surface area contributed by atoms with Gasteiger partial charge in [-0.25, -0.2) is 0 Å². The van der Waals surface area contributed by atoms with Gasteiger partial charge in [-0.05, 0) is 24.3 Å². The molecule has 0 saturated carbocycles. The van der Waals surface area contributed by atoms with Gasteiger partial charge in [0.25, 0.3) is 0 Å². The van der Waals surface area contributed by atoms with Crippen molar-refractivity contribution in [3.8, 4) is 11.8 Å². The molecule has 60 valence electrons. The summed E-state index contributed by atoms with van der Waals surface area (Å²) < 4.78 is 4.54. The summed E-state index contributed by atoms with van der Waals surface area (Å²) in [5, 5.41) is 0.709. The minimum atomic E-state index is 0.709. The second kappa shape index (κ2) is 4.82. The van der Waals surface area contributed by atoms with E-state index in [1.165, 1.54) is 7.11 Å². The first-order valence-electron chi connectivity index (χ1n) is 3.37. The molecule has 0 heterocycles. The molecule has 12 heavy (non-hydrogen) atoms.